The van der Waals surface area contributed by atoms with Crippen LogP contribution >= 0.6 is 11.6 Å². The second-order valence-electron chi connectivity index (χ2n) is 5.48. The smallest absolute Gasteiger partial charge is 0.407 e. The zero-order chi connectivity index (χ0) is 15.0. The van der Waals surface area contributed by atoms with Crippen LogP contribution in [-0.4, -0.2) is 17.6 Å². The van der Waals surface area contributed by atoms with Crippen molar-refractivity contribution in [2.75, 3.05) is 5.88 Å². The van der Waals surface area contributed by atoms with E-state index in [1.165, 1.54) is 0 Å². The highest BCUT2D eigenvalue weighted by atomic mass is 35.5. The van der Waals surface area contributed by atoms with Crippen LogP contribution in [0.15, 0.2) is 30.3 Å². The van der Waals surface area contributed by atoms with E-state index in [-0.39, 0.29) is 0 Å². The molecule has 0 aliphatic carbocycles. The summed E-state index contributed by atoms with van der Waals surface area (Å²) in [4.78, 5) is 11.6. The molecule has 1 amide bonds. The van der Waals surface area contributed by atoms with Gasteiger partial charge in [0, 0.05) is 12.4 Å². The number of ether oxygens (including phenoxy) is 1. The minimum atomic E-state index is -0.476. The number of halogens is 1. The number of benzene rings is 1. The predicted octanol–water partition coefficient (Wildman–Crippen LogP) is 4.35. The Morgan fingerprint density at radius 2 is 2.15 bits per heavy atom. The van der Waals surface area contributed by atoms with Crippen molar-refractivity contribution < 1.29 is 9.53 Å². The molecule has 0 saturated heterocycles. The number of carbonyl (C=O) groups excluding carboxylic acids is 1. The van der Waals surface area contributed by atoms with Crippen LogP contribution in [0.2, 0.25) is 0 Å². The first-order valence-electron chi connectivity index (χ1n) is 6.69. The average Bonchev–Trinajstić information content (AvgIpc) is 2.35. The third kappa shape index (κ3) is 7.19. The van der Waals surface area contributed by atoms with Crippen molar-refractivity contribution in [3.8, 4) is 0 Å². The van der Waals surface area contributed by atoms with E-state index in [2.05, 4.69) is 5.32 Å². The van der Waals surface area contributed by atoms with E-state index in [4.69, 9.17) is 16.3 Å². The Hall–Kier alpha value is -1.48. The van der Waals surface area contributed by atoms with Crippen LogP contribution in [0, 0.1) is 0 Å². The molecule has 1 aromatic carbocycles. The molecule has 0 aromatic heterocycles. The first kappa shape index (κ1) is 16.6. The van der Waals surface area contributed by atoms with Gasteiger partial charge in [-0.25, -0.2) is 4.79 Å². The number of nitrogens with one attached hydrogen (secondary N) is 1. The highest BCUT2D eigenvalue weighted by molar-refractivity contribution is 6.17. The number of rotatable bonds is 5. The predicted molar refractivity (Wildman–Crippen MR) is 83.9 cm³/mol. The van der Waals surface area contributed by atoms with Crippen LogP contribution in [-0.2, 0) is 11.3 Å². The molecule has 0 unspecified atom stereocenters. The molecule has 20 heavy (non-hydrogen) atoms. The van der Waals surface area contributed by atoms with E-state index in [9.17, 15) is 4.79 Å². The zero-order valence-corrected chi connectivity index (χ0v) is 13.0. The first-order valence-corrected chi connectivity index (χ1v) is 7.22. The Morgan fingerprint density at radius 1 is 1.40 bits per heavy atom. The van der Waals surface area contributed by atoms with E-state index >= 15 is 0 Å². The average molecular weight is 296 g/mol. The summed E-state index contributed by atoms with van der Waals surface area (Å²) in [6.07, 6.45) is 4.51. The van der Waals surface area contributed by atoms with E-state index in [0.717, 1.165) is 17.5 Å². The van der Waals surface area contributed by atoms with Crippen molar-refractivity contribution in [1.29, 1.82) is 0 Å². The minimum absolute atomic E-state index is 0.402. The summed E-state index contributed by atoms with van der Waals surface area (Å²) in [6.45, 7) is 5.98. The third-order valence-electron chi connectivity index (χ3n) is 2.37. The van der Waals surface area contributed by atoms with E-state index in [1.54, 1.807) is 0 Å². The molecule has 3 nitrogen and oxygen atoms in total. The summed E-state index contributed by atoms with van der Waals surface area (Å²) in [6, 6.07) is 7.98. The lowest BCUT2D eigenvalue weighted by Crippen LogP contribution is -2.32. The SMILES string of the molecule is CC(C)(C)OC(=O)NCc1cccc(C=CCCCl)c1. The molecular formula is C16H22ClNO2. The summed E-state index contributed by atoms with van der Waals surface area (Å²) >= 11 is 5.62. The molecule has 0 fully saturated rings. The van der Waals surface area contributed by atoms with Gasteiger partial charge in [-0.1, -0.05) is 30.4 Å². The Morgan fingerprint density at radius 3 is 2.80 bits per heavy atom. The number of hydrogen-bond donors (Lipinski definition) is 1. The summed E-state index contributed by atoms with van der Waals surface area (Å²) in [7, 11) is 0. The van der Waals surface area contributed by atoms with Gasteiger partial charge in [0.2, 0.25) is 0 Å². The van der Waals surface area contributed by atoms with Gasteiger partial charge < -0.3 is 10.1 Å². The van der Waals surface area contributed by atoms with Crippen molar-refractivity contribution in [3.05, 3.63) is 41.5 Å². The van der Waals surface area contributed by atoms with E-state index in [1.807, 2.05) is 57.2 Å². The van der Waals surface area contributed by atoms with Gasteiger partial charge in [-0.15, -0.1) is 11.6 Å². The highest BCUT2D eigenvalue weighted by Crippen LogP contribution is 2.09. The van der Waals surface area contributed by atoms with Gasteiger partial charge in [-0.05, 0) is 44.4 Å². The highest BCUT2D eigenvalue weighted by Gasteiger charge is 2.15. The normalized spacial score (nSPS) is 11.6. The largest absolute Gasteiger partial charge is 0.444 e. The van der Waals surface area contributed by atoms with Gasteiger partial charge in [0.25, 0.3) is 0 Å². The van der Waals surface area contributed by atoms with Crippen molar-refractivity contribution in [3.63, 3.8) is 0 Å². The Labute approximate surface area is 126 Å². The molecule has 4 heteroatoms. The lowest BCUT2D eigenvalue weighted by atomic mass is 10.1. The second-order valence-corrected chi connectivity index (χ2v) is 5.86. The summed E-state index contributed by atoms with van der Waals surface area (Å²) in [5, 5.41) is 2.74. The Bertz CT molecular complexity index is 464. The van der Waals surface area contributed by atoms with Gasteiger partial charge in [-0.3, -0.25) is 0 Å². The fourth-order valence-corrected chi connectivity index (χ4v) is 1.70. The lowest BCUT2D eigenvalue weighted by molar-refractivity contribution is 0.0523. The van der Waals surface area contributed by atoms with Crippen molar-refractivity contribution in [2.45, 2.75) is 39.3 Å². The molecule has 110 valence electrons. The Balaban J connectivity index is 2.52. The van der Waals surface area contributed by atoms with Crippen molar-refractivity contribution >= 4 is 23.8 Å². The monoisotopic (exact) mass is 295 g/mol. The van der Waals surface area contributed by atoms with Crippen LogP contribution in [0.25, 0.3) is 6.08 Å². The van der Waals surface area contributed by atoms with Gasteiger partial charge >= 0.3 is 6.09 Å². The van der Waals surface area contributed by atoms with Crippen LogP contribution in [0.3, 0.4) is 0 Å². The third-order valence-corrected chi connectivity index (χ3v) is 2.59. The molecule has 1 rings (SSSR count). The maximum Gasteiger partial charge on any atom is 0.407 e. The number of amides is 1. The van der Waals surface area contributed by atoms with Crippen LogP contribution in [0.1, 0.15) is 38.3 Å². The van der Waals surface area contributed by atoms with Crippen LogP contribution < -0.4 is 5.32 Å². The van der Waals surface area contributed by atoms with Gasteiger partial charge in [-0.2, -0.15) is 0 Å². The number of alkyl halides is 1. The Kier molecular flexibility index (Phi) is 6.59. The zero-order valence-electron chi connectivity index (χ0n) is 12.3. The number of hydrogen-bond acceptors (Lipinski definition) is 2. The minimum Gasteiger partial charge on any atom is -0.444 e. The molecule has 0 bridgehead atoms. The standard InChI is InChI=1S/C16H22ClNO2/c1-16(2,3)20-15(19)18-12-14-9-6-8-13(11-14)7-4-5-10-17/h4,6-9,11H,5,10,12H2,1-3H3,(H,18,19). The molecule has 0 spiro atoms. The molecule has 1 aromatic rings. The van der Waals surface area contributed by atoms with Crippen LogP contribution in [0.5, 0.6) is 0 Å². The topological polar surface area (TPSA) is 38.3 Å². The number of allylic oxidation sites excluding steroid dienone is 1. The summed E-state index contributed by atoms with van der Waals surface area (Å²) in [5.41, 5.74) is 1.65. The summed E-state index contributed by atoms with van der Waals surface area (Å²) < 4.78 is 5.19. The van der Waals surface area contributed by atoms with Gasteiger partial charge in [0.1, 0.15) is 5.60 Å². The molecule has 0 aliphatic rings. The molecule has 0 aliphatic heterocycles. The molecule has 0 heterocycles. The quantitative estimate of drug-likeness (QED) is 0.820. The fourth-order valence-electron chi connectivity index (χ4n) is 1.58. The van der Waals surface area contributed by atoms with Crippen molar-refractivity contribution in [1.82, 2.24) is 5.32 Å². The fraction of sp³-hybridized carbons (Fsp3) is 0.438. The molecular weight excluding hydrogens is 274 g/mol. The first-order chi connectivity index (χ1) is 9.40. The van der Waals surface area contributed by atoms with Crippen molar-refractivity contribution in [2.24, 2.45) is 0 Å². The molecule has 0 saturated carbocycles. The summed E-state index contributed by atoms with van der Waals surface area (Å²) in [5.74, 6) is 0.621. The van der Waals surface area contributed by atoms with E-state index < -0.39 is 11.7 Å². The molecule has 0 atom stereocenters. The lowest BCUT2D eigenvalue weighted by Gasteiger charge is -2.19. The van der Waals surface area contributed by atoms with Crippen LogP contribution in [0.4, 0.5) is 4.79 Å². The molecule has 1 N–H and O–H groups in total. The number of alkyl carbamates (subject to hydrolysis) is 1. The van der Waals surface area contributed by atoms with E-state index in [0.29, 0.717) is 12.4 Å². The second kappa shape index (κ2) is 7.95. The number of carbonyl (C=O) groups is 1. The van der Waals surface area contributed by atoms with Gasteiger partial charge in [0.05, 0.1) is 0 Å². The maximum atomic E-state index is 11.6. The molecule has 0 radical (unpaired) electrons. The maximum absolute atomic E-state index is 11.6. The van der Waals surface area contributed by atoms with Gasteiger partial charge in [0.15, 0.2) is 0 Å².